The van der Waals surface area contributed by atoms with E-state index >= 15 is 0 Å². The summed E-state index contributed by atoms with van der Waals surface area (Å²) in [5, 5.41) is 10.4. The topological polar surface area (TPSA) is 120 Å². The standard InChI is InChI=1S/C22H28N4O4/c23-17(12-15-13-24-18-5-2-1-4-16(15)18)21(28)25-10-7-14(8-11-25)20(27)26-9-3-6-19(26)22(29)30/h1-2,4-5,13-14,17,19,24H,3,6-12,23H2,(H,29,30). The third-order valence-electron chi connectivity index (χ3n) is 6.41. The molecule has 8 nitrogen and oxygen atoms in total. The molecule has 0 radical (unpaired) electrons. The number of benzene rings is 1. The second-order valence-electron chi connectivity index (χ2n) is 8.30. The number of hydrogen-bond acceptors (Lipinski definition) is 4. The highest BCUT2D eigenvalue weighted by molar-refractivity contribution is 5.87. The summed E-state index contributed by atoms with van der Waals surface area (Å²) in [4.78, 5) is 43.5. The highest BCUT2D eigenvalue weighted by atomic mass is 16.4. The van der Waals surface area contributed by atoms with E-state index in [1.807, 2.05) is 30.5 Å². The lowest BCUT2D eigenvalue weighted by atomic mass is 9.94. The smallest absolute Gasteiger partial charge is 0.326 e. The molecule has 4 rings (SSSR count). The van der Waals surface area contributed by atoms with E-state index in [1.165, 1.54) is 4.90 Å². The minimum absolute atomic E-state index is 0.0879. The lowest BCUT2D eigenvalue weighted by Gasteiger charge is -2.35. The van der Waals surface area contributed by atoms with Gasteiger partial charge in [-0.2, -0.15) is 0 Å². The van der Waals surface area contributed by atoms with Gasteiger partial charge in [0.15, 0.2) is 0 Å². The molecule has 2 aliphatic heterocycles. The summed E-state index contributed by atoms with van der Waals surface area (Å²) in [6, 6.07) is 6.58. The summed E-state index contributed by atoms with van der Waals surface area (Å²) >= 11 is 0. The number of piperidine rings is 1. The van der Waals surface area contributed by atoms with Crippen LogP contribution in [0.4, 0.5) is 0 Å². The van der Waals surface area contributed by atoms with Crippen LogP contribution >= 0.6 is 0 Å². The van der Waals surface area contributed by atoms with Crippen LogP contribution in [-0.4, -0.2) is 69.4 Å². The summed E-state index contributed by atoms with van der Waals surface area (Å²) in [5.74, 6) is -1.35. The lowest BCUT2D eigenvalue weighted by molar-refractivity contribution is -0.151. The SMILES string of the molecule is NC(Cc1c[nH]c2ccccc12)C(=O)N1CCC(C(=O)N2CCCC2C(=O)O)CC1. The van der Waals surface area contributed by atoms with Gasteiger partial charge in [-0.05, 0) is 43.7 Å². The first-order valence-electron chi connectivity index (χ1n) is 10.6. The number of rotatable bonds is 5. The Kier molecular flexibility index (Phi) is 5.76. The normalized spacial score (nSPS) is 21.2. The average Bonchev–Trinajstić information content (AvgIpc) is 3.41. The number of carboxylic acids is 1. The first kappa shape index (κ1) is 20.4. The number of nitrogens with one attached hydrogen (secondary N) is 1. The molecule has 0 spiro atoms. The minimum Gasteiger partial charge on any atom is -0.480 e. The molecule has 1 aromatic heterocycles. The van der Waals surface area contributed by atoms with Crippen LogP contribution in [0.2, 0.25) is 0 Å². The number of aromatic nitrogens is 1. The first-order chi connectivity index (χ1) is 14.5. The second kappa shape index (κ2) is 8.47. The van der Waals surface area contributed by atoms with Crippen molar-refractivity contribution in [3.8, 4) is 0 Å². The van der Waals surface area contributed by atoms with Crippen LogP contribution in [0.25, 0.3) is 10.9 Å². The third-order valence-corrected chi connectivity index (χ3v) is 6.41. The van der Waals surface area contributed by atoms with Crippen molar-refractivity contribution in [2.45, 2.75) is 44.2 Å². The molecule has 1 aromatic carbocycles. The van der Waals surface area contributed by atoms with Gasteiger partial charge in [0.2, 0.25) is 11.8 Å². The van der Waals surface area contributed by atoms with Gasteiger partial charge >= 0.3 is 5.97 Å². The Hall–Kier alpha value is -2.87. The number of hydrogen-bond donors (Lipinski definition) is 3. The molecule has 0 aliphatic carbocycles. The van der Waals surface area contributed by atoms with E-state index in [2.05, 4.69) is 4.98 Å². The van der Waals surface area contributed by atoms with Crippen molar-refractivity contribution in [2.75, 3.05) is 19.6 Å². The van der Waals surface area contributed by atoms with E-state index in [1.54, 1.807) is 4.90 Å². The Labute approximate surface area is 175 Å². The molecule has 2 atom stereocenters. The summed E-state index contributed by atoms with van der Waals surface area (Å²) in [6.45, 7) is 1.45. The fourth-order valence-corrected chi connectivity index (χ4v) is 4.73. The van der Waals surface area contributed by atoms with Gasteiger partial charge in [-0.3, -0.25) is 9.59 Å². The van der Waals surface area contributed by atoms with Crippen LogP contribution in [0.15, 0.2) is 30.5 Å². The van der Waals surface area contributed by atoms with Gasteiger partial charge < -0.3 is 25.6 Å². The van der Waals surface area contributed by atoms with E-state index in [-0.39, 0.29) is 17.7 Å². The third kappa shape index (κ3) is 3.92. The number of H-pyrrole nitrogens is 1. The molecule has 0 bridgehead atoms. The summed E-state index contributed by atoms with van der Waals surface area (Å²) in [6.07, 6.45) is 4.69. The van der Waals surface area contributed by atoms with Crippen LogP contribution < -0.4 is 5.73 Å². The maximum atomic E-state index is 12.9. The van der Waals surface area contributed by atoms with Gasteiger partial charge in [0.25, 0.3) is 0 Å². The molecule has 2 unspecified atom stereocenters. The molecular formula is C22H28N4O4. The van der Waals surface area contributed by atoms with Crippen molar-refractivity contribution in [1.82, 2.24) is 14.8 Å². The van der Waals surface area contributed by atoms with Crippen molar-refractivity contribution in [2.24, 2.45) is 11.7 Å². The van der Waals surface area contributed by atoms with E-state index < -0.39 is 18.1 Å². The van der Waals surface area contributed by atoms with Crippen LogP contribution in [0.1, 0.15) is 31.2 Å². The van der Waals surface area contributed by atoms with Crippen LogP contribution in [0.3, 0.4) is 0 Å². The zero-order valence-electron chi connectivity index (χ0n) is 16.9. The molecule has 8 heteroatoms. The summed E-state index contributed by atoms with van der Waals surface area (Å²) in [7, 11) is 0. The number of amides is 2. The lowest BCUT2D eigenvalue weighted by Crippen LogP contribution is -2.51. The molecule has 0 saturated carbocycles. The Morgan fingerprint density at radius 1 is 1.13 bits per heavy atom. The van der Waals surface area contributed by atoms with Crippen molar-refractivity contribution in [3.63, 3.8) is 0 Å². The van der Waals surface area contributed by atoms with E-state index in [0.717, 1.165) is 22.9 Å². The molecule has 2 aliphatic rings. The number of nitrogens with two attached hydrogens (primary N) is 1. The number of aliphatic carboxylic acids is 1. The maximum absolute atomic E-state index is 12.9. The molecule has 2 saturated heterocycles. The number of carbonyl (C=O) groups is 3. The quantitative estimate of drug-likeness (QED) is 0.685. The van der Waals surface area contributed by atoms with E-state index in [9.17, 15) is 19.5 Å². The van der Waals surface area contributed by atoms with Crippen LogP contribution in [-0.2, 0) is 20.8 Å². The predicted molar refractivity (Wildman–Crippen MR) is 112 cm³/mol. The largest absolute Gasteiger partial charge is 0.480 e. The molecule has 4 N–H and O–H groups in total. The number of fused-ring (bicyclic) bond motifs is 1. The number of likely N-dealkylation sites (tertiary alicyclic amines) is 2. The number of nitrogens with zero attached hydrogens (tertiary/aromatic N) is 2. The fourth-order valence-electron chi connectivity index (χ4n) is 4.73. The van der Waals surface area contributed by atoms with Gasteiger partial charge in [-0.15, -0.1) is 0 Å². The minimum atomic E-state index is -0.934. The van der Waals surface area contributed by atoms with Crippen molar-refractivity contribution < 1.29 is 19.5 Å². The Balaban J connectivity index is 1.32. The number of carboxylic acid groups (broad SMARTS) is 1. The molecule has 2 amide bonds. The monoisotopic (exact) mass is 412 g/mol. The molecular weight excluding hydrogens is 384 g/mol. The first-order valence-corrected chi connectivity index (χ1v) is 10.6. The Bertz CT molecular complexity index is 948. The number of para-hydroxylation sites is 1. The maximum Gasteiger partial charge on any atom is 0.326 e. The molecule has 2 aromatic rings. The van der Waals surface area contributed by atoms with Gasteiger partial charge in [-0.1, -0.05) is 18.2 Å². The zero-order valence-corrected chi connectivity index (χ0v) is 16.9. The summed E-state index contributed by atoms with van der Waals surface area (Å²) in [5.41, 5.74) is 8.27. The average molecular weight is 412 g/mol. The van der Waals surface area contributed by atoms with Crippen LogP contribution in [0.5, 0.6) is 0 Å². The Morgan fingerprint density at radius 2 is 1.87 bits per heavy atom. The van der Waals surface area contributed by atoms with Crippen molar-refractivity contribution in [3.05, 3.63) is 36.0 Å². The van der Waals surface area contributed by atoms with E-state index in [0.29, 0.717) is 45.3 Å². The molecule has 3 heterocycles. The molecule has 30 heavy (non-hydrogen) atoms. The van der Waals surface area contributed by atoms with Gasteiger partial charge in [0.05, 0.1) is 6.04 Å². The highest BCUT2D eigenvalue weighted by Crippen LogP contribution is 2.26. The van der Waals surface area contributed by atoms with Crippen LogP contribution in [0, 0.1) is 5.92 Å². The van der Waals surface area contributed by atoms with Crippen molar-refractivity contribution >= 4 is 28.7 Å². The fraction of sp³-hybridized carbons (Fsp3) is 0.500. The number of carbonyl (C=O) groups excluding carboxylic acids is 2. The van der Waals surface area contributed by atoms with Gasteiger partial charge in [0, 0.05) is 42.7 Å². The highest BCUT2D eigenvalue weighted by Gasteiger charge is 2.38. The summed E-state index contributed by atoms with van der Waals surface area (Å²) < 4.78 is 0. The molecule has 160 valence electrons. The predicted octanol–water partition coefficient (Wildman–Crippen LogP) is 1.35. The second-order valence-corrected chi connectivity index (χ2v) is 8.30. The van der Waals surface area contributed by atoms with Gasteiger partial charge in [-0.25, -0.2) is 4.79 Å². The van der Waals surface area contributed by atoms with Crippen molar-refractivity contribution in [1.29, 1.82) is 0 Å². The zero-order chi connectivity index (χ0) is 21.3. The van der Waals surface area contributed by atoms with E-state index in [4.69, 9.17) is 5.73 Å². The Morgan fingerprint density at radius 3 is 2.60 bits per heavy atom. The number of aromatic amines is 1. The molecule has 2 fully saturated rings. The van der Waals surface area contributed by atoms with Gasteiger partial charge in [0.1, 0.15) is 6.04 Å².